The molecule has 3 aliphatic carbocycles. The molecule has 0 saturated heterocycles. The van der Waals surface area contributed by atoms with Crippen LogP contribution in [0.1, 0.15) is 120 Å². The Kier molecular flexibility index (Phi) is 8.88. The van der Waals surface area contributed by atoms with E-state index in [1.807, 2.05) is 0 Å². The van der Waals surface area contributed by atoms with Crippen LogP contribution in [0.25, 0.3) is 0 Å². The summed E-state index contributed by atoms with van der Waals surface area (Å²) in [5.41, 5.74) is -0.540. The highest BCUT2D eigenvalue weighted by Crippen LogP contribution is 2.64. The van der Waals surface area contributed by atoms with Gasteiger partial charge in [0.25, 0.3) is 0 Å². The Labute approximate surface area is 215 Å². The number of hydrogen-bond donors (Lipinski definition) is 0. The molecule has 0 N–H and O–H groups in total. The third-order valence-corrected chi connectivity index (χ3v) is 10.3. The normalized spacial score (nSPS) is 38.9. The zero-order valence-corrected chi connectivity index (χ0v) is 24.2. The van der Waals surface area contributed by atoms with Crippen molar-refractivity contribution < 1.29 is 19.1 Å². The first-order valence-corrected chi connectivity index (χ1v) is 14.5. The lowest BCUT2D eigenvalue weighted by Crippen LogP contribution is -2.54. The molecule has 0 unspecified atom stereocenters. The first-order valence-electron chi connectivity index (χ1n) is 14.5. The number of hydrogen-bond acceptors (Lipinski definition) is 4. The molecule has 0 amide bonds. The van der Waals surface area contributed by atoms with E-state index in [2.05, 4.69) is 55.4 Å². The van der Waals surface area contributed by atoms with Crippen LogP contribution in [0.2, 0.25) is 0 Å². The summed E-state index contributed by atoms with van der Waals surface area (Å²) in [6, 6.07) is 0. The number of methoxy groups -OCH3 is 1. The molecule has 4 heteroatoms. The molecule has 0 aliphatic heterocycles. The number of carbonyl (C=O) groups is 2. The van der Waals surface area contributed by atoms with E-state index in [4.69, 9.17) is 9.47 Å². The maximum absolute atomic E-state index is 13.7. The van der Waals surface area contributed by atoms with Crippen LogP contribution in [-0.2, 0) is 19.1 Å². The molecular weight excluding hydrogens is 436 g/mol. The number of ketones is 1. The molecule has 4 nitrogen and oxygen atoms in total. The summed E-state index contributed by atoms with van der Waals surface area (Å²) in [5, 5.41) is 0. The van der Waals surface area contributed by atoms with Crippen molar-refractivity contribution in [1.82, 2.24) is 0 Å². The highest BCUT2D eigenvalue weighted by Gasteiger charge is 2.61. The van der Waals surface area contributed by atoms with Gasteiger partial charge in [0.1, 0.15) is 5.78 Å². The molecule has 0 spiro atoms. The molecule has 0 aromatic rings. The summed E-state index contributed by atoms with van der Waals surface area (Å²) < 4.78 is 11.6. The Morgan fingerprint density at radius 2 is 1.69 bits per heavy atom. The van der Waals surface area contributed by atoms with Crippen LogP contribution in [0, 0.1) is 46.3 Å². The second kappa shape index (κ2) is 10.8. The van der Waals surface area contributed by atoms with Gasteiger partial charge in [0.2, 0.25) is 0 Å². The molecule has 3 aliphatic rings. The fraction of sp³-hybridized carbons (Fsp3) is 0.935. The molecule has 202 valence electrons. The van der Waals surface area contributed by atoms with Gasteiger partial charge < -0.3 is 9.47 Å². The van der Waals surface area contributed by atoms with Crippen molar-refractivity contribution in [3.05, 3.63) is 0 Å². The summed E-state index contributed by atoms with van der Waals surface area (Å²) in [4.78, 5) is 27.0. The van der Waals surface area contributed by atoms with Crippen LogP contribution in [0.5, 0.6) is 0 Å². The van der Waals surface area contributed by atoms with E-state index in [0.717, 1.165) is 38.0 Å². The molecule has 0 heterocycles. The maximum Gasteiger partial charge on any atom is 0.309 e. The summed E-state index contributed by atoms with van der Waals surface area (Å²) in [6.07, 6.45) is 10.4. The topological polar surface area (TPSA) is 52.6 Å². The number of rotatable bonds is 8. The van der Waals surface area contributed by atoms with Gasteiger partial charge in [0.05, 0.1) is 24.7 Å². The fourth-order valence-corrected chi connectivity index (χ4v) is 8.48. The number of fused-ring (bicyclic) bond motifs is 1. The highest BCUT2D eigenvalue weighted by molar-refractivity contribution is 5.87. The van der Waals surface area contributed by atoms with E-state index in [1.54, 1.807) is 0 Å². The monoisotopic (exact) mass is 490 g/mol. The van der Waals surface area contributed by atoms with Gasteiger partial charge in [-0.25, -0.2) is 0 Å². The van der Waals surface area contributed by atoms with Gasteiger partial charge in [0.15, 0.2) is 0 Å². The van der Waals surface area contributed by atoms with Crippen molar-refractivity contribution >= 4 is 11.8 Å². The first kappa shape index (κ1) is 28.7. The van der Waals surface area contributed by atoms with Crippen molar-refractivity contribution in [2.75, 3.05) is 7.11 Å². The summed E-state index contributed by atoms with van der Waals surface area (Å²) in [7, 11) is 1.53. The van der Waals surface area contributed by atoms with Gasteiger partial charge >= 0.3 is 5.97 Å². The molecular formula is C31H54O4. The Hall–Kier alpha value is -0.900. The smallest absolute Gasteiger partial charge is 0.309 e. The van der Waals surface area contributed by atoms with Crippen molar-refractivity contribution in [1.29, 1.82) is 0 Å². The van der Waals surface area contributed by atoms with E-state index in [9.17, 15) is 9.59 Å². The number of Topliss-reactive ketones (excluding diaryl/α,β-unsaturated/α-hetero) is 1. The lowest BCUT2D eigenvalue weighted by atomic mass is 9.50. The van der Waals surface area contributed by atoms with E-state index < -0.39 is 5.41 Å². The van der Waals surface area contributed by atoms with Crippen LogP contribution >= 0.6 is 0 Å². The van der Waals surface area contributed by atoms with Crippen molar-refractivity contribution in [2.45, 2.75) is 131 Å². The fourth-order valence-electron chi connectivity index (χ4n) is 8.48. The van der Waals surface area contributed by atoms with Gasteiger partial charge in [0, 0.05) is 11.8 Å². The van der Waals surface area contributed by atoms with E-state index in [-0.39, 0.29) is 40.7 Å². The van der Waals surface area contributed by atoms with Crippen molar-refractivity contribution in [3.63, 3.8) is 0 Å². The summed E-state index contributed by atoms with van der Waals surface area (Å²) >= 11 is 0. The Morgan fingerprint density at radius 1 is 1.00 bits per heavy atom. The SMILES string of the molecule is COC(=O)[C@@H]1[C@@H]2CC[C@@H]([C@H](C)CCCC(C)C)[C@@]2(C)CC[C@@H]1[C@@]1(C)CC[C@H](OC(C)(C)C)CC1=O. The molecule has 3 rings (SSSR count). The van der Waals surface area contributed by atoms with Gasteiger partial charge in [-0.3, -0.25) is 9.59 Å². The third-order valence-electron chi connectivity index (χ3n) is 10.3. The predicted octanol–water partition coefficient (Wildman–Crippen LogP) is 7.62. The lowest BCUT2D eigenvalue weighted by Gasteiger charge is -2.54. The molecule has 0 aromatic carbocycles. The first-order chi connectivity index (χ1) is 16.2. The minimum Gasteiger partial charge on any atom is -0.469 e. The molecule has 3 saturated carbocycles. The van der Waals surface area contributed by atoms with Gasteiger partial charge in [-0.2, -0.15) is 0 Å². The molecule has 35 heavy (non-hydrogen) atoms. The Balaban J connectivity index is 1.79. The maximum atomic E-state index is 13.7. The lowest BCUT2D eigenvalue weighted by molar-refractivity contribution is -0.168. The van der Waals surface area contributed by atoms with E-state index in [1.165, 1.54) is 32.8 Å². The van der Waals surface area contributed by atoms with Crippen LogP contribution in [0.3, 0.4) is 0 Å². The standard InChI is InChI=1S/C31H54O4/c1-20(2)11-10-12-21(3)23-13-14-24-27(28(33)34-9)25(16-18-30(23,24)7)31(8)17-15-22(19-26(31)32)35-29(4,5)6/h20-25,27H,10-19H2,1-9H3/t21-,22+,23+,24+,25+,27-,30-,31-/m1/s1. The number of carbonyl (C=O) groups excluding carboxylic acids is 2. The number of esters is 1. The molecule has 0 radical (unpaired) electrons. The molecule has 3 fully saturated rings. The van der Waals surface area contributed by atoms with Gasteiger partial charge in [-0.1, -0.05) is 53.9 Å². The van der Waals surface area contributed by atoms with Crippen LogP contribution in [0.15, 0.2) is 0 Å². The van der Waals surface area contributed by atoms with Crippen LogP contribution in [-0.4, -0.2) is 30.6 Å². The largest absolute Gasteiger partial charge is 0.469 e. The average molecular weight is 491 g/mol. The zero-order valence-electron chi connectivity index (χ0n) is 24.2. The highest BCUT2D eigenvalue weighted by atomic mass is 16.5. The van der Waals surface area contributed by atoms with E-state index in [0.29, 0.717) is 24.2 Å². The van der Waals surface area contributed by atoms with Crippen LogP contribution in [0.4, 0.5) is 0 Å². The molecule has 8 atom stereocenters. The van der Waals surface area contributed by atoms with Crippen molar-refractivity contribution in [3.8, 4) is 0 Å². The Bertz CT molecular complexity index is 752. The minimum atomic E-state index is -0.459. The average Bonchev–Trinajstić information content (AvgIpc) is 3.11. The predicted molar refractivity (Wildman–Crippen MR) is 142 cm³/mol. The molecule has 0 bridgehead atoms. The summed E-state index contributed by atoms with van der Waals surface area (Å²) in [5.74, 6) is 2.54. The second-order valence-corrected chi connectivity index (χ2v) is 14.2. The van der Waals surface area contributed by atoms with Gasteiger partial charge in [-0.05, 0) is 94.3 Å². The second-order valence-electron chi connectivity index (χ2n) is 14.2. The molecule has 0 aromatic heterocycles. The van der Waals surface area contributed by atoms with Crippen molar-refractivity contribution in [2.24, 2.45) is 46.3 Å². The van der Waals surface area contributed by atoms with Crippen LogP contribution < -0.4 is 0 Å². The third kappa shape index (κ3) is 5.99. The number of ether oxygens (including phenoxy) is 2. The minimum absolute atomic E-state index is 0.0106. The zero-order chi connectivity index (χ0) is 26.2. The van der Waals surface area contributed by atoms with Gasteiger partial charge in [-0.15, -0.1) is 0 Å². The quantitative estimate of drug-likeness (QED) is 0.328. The van der Waals surface area contributed by atoms with E-state index >= 15 is 0 Å². The Morgan fingerprint density at radius 3 is 2.26 bits per heavy atom. The summed E-state index contributed by atoms with van der Waals surface area (Å²) in [6.45, 7) is 17.8.